The monoisotopic (exact) mass is 205 g/mol. The van der Waals surface area contributed by atoms with E-state index in [1.165, 1.54) is 19.3 Å². The quantitative estimate of drug-likeness (QED) is 0.501. The van der Waals surface area contributed by atoms with Crippen LogP contribution in [-0.4, -0.2) is 11.6 Å². The molecule has 1 heterocycles. The van der Waals surface area contributed by atoms with Gasteiger partial charge in [-0.1, -0.05) is 38.0 Å². The molecule has 1 aromatic heterocycles. The first-order valence-corrected chi connectivity index (χ1v) is 5.62. The SMILES string of the molecule is CCCCCC=CCOc1ccccn1. The molecule has 0 bridgehead atoms. The number of allylic oxidation sites excluding steroid dienone is 1. The number of hydrogen-bond acceptors (Lipinski definition) is 2. The highest BCUT2D eigenvalue weighted by Crippen LogP contribution is 2.03. The summed E-state index contributed by atoms with van der Waals surface area (Å²) in [6.45, 7) is 2.83. The molecule has 0 atom stereocenters. The molecule has 2 nitrogen and oxygen atoms in total. The maximum atomic E-state index is 5.41. The van der Waals surface area contributed by atoms with E-state index in [0.717, 1.165) is 6.42 Å². The molecule has 1 rings (SSSR count). The molecule has 0 saturated carbocycles. The van der Waals surface area contributed by atoms with Crippen molar-refractivity contribution >= 4 is 0 Å². The maximum absolute atomic E-state index is 5.41. The molecule has 0 aliphatic heterocycles. The molecule has 0 saturated heterocycles. The fourth-order valence-corrected chi connectivity index (χ4v) is 1.26. The lowest BCUT2D eigenvalue weighted by molar-refractivity contribution is 0.348. The number of nitrogens with zero attached hydrogens (tertiary/aromatic N) is 1. The minimum Gasteiger partial charge on any atom is -0.473 e. The summed E-state index contributed by atoms with van der Waals surface area (Å²) in [6.07, 6.45) is 11.0. The Morgan fingerprint density at radius 2 is 2.20 bits per heavy atom. The standard InChI is InChI=1S/C13H19NO/c1-2-3-4-5-6-9-12-15-13-10-7-8-11-14-13/h6-11H,2-5,12H2,1H3. The largest absolute Gasteiger partial charge is 0.473 e. The van der Waals surface area contributed by atoms with Crippen LogP contribution in [0.3, 0.4) is 0 Å². The summed E-state index contributed by atoms with van der Waals surface area (Å²) in [7, 11) is 0. The summed E-state index contributed by atoms with van der Waals surface area (Å²) < 4.78 is 5.41. The highest BCUT2D eigenvalue weighted by atomic mass is 16.5. The highest BCUT2D eigenvalue weighted by Gasteiger charge is 1.88. The topological polar surface area (TPSA) is 22.1 Å². The molecule has 0 amide bonds. The van der Waals surface area contributed by atoms with Crippen molar-refractivity contribution < 1.29 is 4.74 Å². The number of pyridine rings is 1. The third-order valence-corrected chi connectivity index (χ3v) is 2.11. The van der Waals surface area contributed by atoms with E-state index < -0.39 is 0 Å². The molecule has 0 radical (unpaired) electrons. The Hall–Kier alpha value is -1.31. The molecular weight excluding hydrogens is 186 g/mol. The van der Waals surface area contributed by atoms with E-state index in [1.54, 1.807) is 6.20 Å². The average molecular weight is 205 g/mol. The van der Waals surface area contributed by atoms with Gasteiger partial charge in [-0.2, -0.15) is 0 Å². The van der Waals surface area contributed by atoms with Crippen LogP contribution < -0.4 is 4.74 Å². The van der Waals surface area contributed by atoms with Crippen LogP contribution in [0.15, 0.2) is 36.5 Å². The van der Waals surface area contributed by atoms with Gasteiger partial charge in [-0.25, -0.2) is 4.98 Å². The molecule has 82 valence electrons. The lowest BCUT2D eigenvalue weighted by Gasteiger charge is -1.99. The minimum atomic E-state index is 0.614. The zero-order valence-electron chi connectivity index (χ0n) is 9.36. The van der Waals surface area contributed by atoms with Crippen LogP contribution in [0.5, 0.6) is 5.88 Å². The zero-order valence-corrected chi connectivity index (χ0v) is 9.36. The molecule has 0 fully saturated rings. The van der Waals surface area contributed by atoms with Crippen molar-refractivity contribution in [3.8, 4) is 5.88 Å². The van der Waals surface area contributed by atoms with Crippen LogP contribution in [0.4, 0.5) is 0 Å². The predicted octanol–water partition coefficient (Wildman–Crippen LogP) is 3.60. The molecule has 2 heteroatoms. The summed E-state index contributed by atoms with van der Waals surface area (Å²) in [5.74, 6) is 0.690. The first-order valence-electron chi connectivity index (χ1n) is 5.62. The van der Waals surface area contributed by atoms with Gasteiger partial charge >= 0.3 is 0 Å². The van der Waals surface area contributed by atoms with E-state index in [4.69, 9.17) is 4.74 Å². The Morgan fingerprint density at radius 1 is 1.27 bits per heavy atom. The molecule has 0 N–H and O–H groups in total. The van der Waals surface area contributed by atoms with Crippen molar-refractivity contribution in [2.45, 2.75) is 32.6 Å². The second-order valence-electron chi connectivity index (χ2n) is 3.45. The Labute approximate surface area is 92.0 Å². The number of rotatable bonds is 7. The van der Waals surface area contributed by atoms with Gasteiger partial charge in [-0.15, -0.1) is 0 Å². The summed E-state index contributed by atoms with van der Waals surface area (Å²) in [5.41, 5.74) is 0. The maximum Gasteiger partial charge on any atom is 0.213 e. The third kappa shape index (κ3) is 5.89. The van der Waals surface area contributed by atoms with Crippen molar-refractivity contribution in [2.24, 2.45) is 0 Å². The van der Waals surface area contributed by atoms with Crippen LogP contribution in [0.2, 0.25) is 0 Å². The zero-order chi connectivity index (χ0) is 10.8. The highest BCUT2D eigenvalue weighted by molar-refractivity contribution is 5.09. The Morgan fingerprint density at radius 3 is 2.93 bits per heavy atom. The van der Waals surface area contributed by atoms with Gasteiger partial charge in [0, 0.05) is 12.3 Å². The van der Waals surface area contributed by atoms with Crippen molar-refractivity contribution in [1.29, 1.82) is 0 Å². The smallest absolute Gasteiger partial charge is 0.213 e. The van der Waals surface area contributed by atoms with Gasteiger partial charge in [0.2, 0.25) is 5.88 Å². The van der Waals surface area contributed by atoms with Crippen molar-refractivity contribution in [3.05, 3.63) is 36.5 Å². The summed E-state index contributed by atoms with van der Waals surface area (Å²) in [6, 6.07) is 5.67. The second-order valence-corrected chi connectivity index (χ2v) is 3.45. The van der Waals surface area contributed by atoms with Crippen LogP contribution in [0, 0.1) is 0 Å². The predicted molar refractivity (Wildman–Crippen MR) is 63.0 cm³/mol. The van der Waals surface area contributed by atoms with Gasteiger partial charge in [0.25, 0.3) is 0 Å². The molecule has 0 unspecified atom stereocenters. The number of hydrogen-bond donors (Lipinski definition) is 0. The molecular formula is C13H19NO. The van der Waals surface area contributed by atoms with Crippen LogP contribution in [0.1, 0.15) is 32.6 Å². The third-order valence-electron chi connectivity index (χ3n) is 2.11. The lowest BCUT2D eigenvalue weighted by atomic mass is 10.2. The van der Waals surface area contributed by atoms with Gasteiger partial charge in [-0.3, -0.25) is 0 Å². The minimum absolute atomic E-state index is 0.614. The average Bonchev–Trinajstić information content (AvgIpc) is 2.29. The molecule has 0 aromatic carbocycles. The van der Waals surface area contributed by atoms with E-state index >= 15 is 0 Å². The first kappa shape index (κ1) is 11.8. The van der Waals surface area contributed by atoms with E-state index in [9.17, 15) is 0 Å². The van der Waals surface area contributed by atoms with E-state index in [1.807, 2.05) is 18.2 Å². The van der Waals surface area contributed by atoms with Crippen molar-refractivity contribution in [1.82, 2.24) is 4.98 Å². The van der Waals surface area contributed by atoms with Gasteiger partial charge < -0.3 is 4.74 Å². The van der Waals surface area contributed by atoms with Crippen molar-refractivity contribution in [2.75, 3.05) is 6.61 Å². The van der Waals surface area contributed by atoms with Gasteiger partial charge in [-0.05, 0) is 18.9 Å². The van der Waals surface area contributed by atoms with Gasteiger partial charge in [0.05, 0.1) is 0 Å². The Kier molecular flexibility index (Phi) is 6.30. The van der Waals surface area contributed by atoms with Crippen LogP contribution in [0.25, 0.3) is 0 Å². The molecule has 0 aliphatic rings. The summed E-state index contributed by atoms with van der Waals surface area (Å²) in [4.78, 5) is 4.07. The van der Waals surface area contributed by atoms with E-state index in [0.29, 0.717) is 12.5 Å². The molecule has 15 heavy (non-hydrogen) atoms. The second kappa shape index (κ2) is 8.04. The van der Waals surface area contributed by atoms with Gasteiger partial charge in [0.1, 0.15) is 6.61 Å². The van der Waals surface area contributed by atoms with Gasteiger partial charge in [0.15, 0.2) is 0 Å². The van der Waals surface area contributed by atoms with E-state index in [2.05, 4.69) is 24.1 Å². The lowest BCUT2D eigenvalue weighted by Crippen LogP contribution is -1.94. The Balaban J connectivity index is 2.06. The molecule has 0 aliphatic carbocycles. The fraction of sp³-hybridized carbons (Fsp3) is 0.462. The number of unbranched alkanes of at least 4 members (excludes halogenated alkanes) is 3. The molecule has 1 aromatic rings. The Bertz CT molecular complexity index is 269. The van der Waals surface area contributed by atoms with Crippen LogP contribution in [-0.2, 0) is 0 Å². The number of ether oxygens (including phenoxy) is 1. The molecule has 0 spiro atoms. The normalized spacial score (nSPS) is 10.7. The summed E-state index contributed by atoms with van der Waals surface area (Å²) in [5, 5.41) is 0. The first-order chi connectivity index (χ1) is 7.43. The van der Waals surface area contributed by atoms with Crippen LogP contribution >= 0.6 is 0 Å². The fourth-order valence-electron chi connectivity index (χ4n) is 1.26. The number of aromatic nitrogens is 1. The van der Waals surface area contributed by atoms with E-state index in [-0.39, 0.29) is 0 Å². The summed E-state index contributed by atoms with van der Waals surface area (Å²) >= 11 is 0. The van der Waals surface area contributed by atoms with Crippen molar-refractivity contribution in [3.63, 3.8) is 0 Å².